The van der Waals surface area contributed by atoms with Crippen molar-refractivity contribution in [2.45, 2.75) is 25.3 Å². The number of urea groups is 1. The Morgan fingerprint density at radius 3 is 2.50 bits per heavy atom. The summed E-state index contributed by atoms with van der Waals surface area (Å²) in [5.74, 6) is 0.275. The number of piperidine rings is 1. The lowest BCUT2D eigenvalue weighted by Crippen LogP contribution is -2.55. The van der Waals surface area contributed by atoms with Crippen LogP contribution in [0.3, 0.4) is 0 Å². The van der Waals surface area contributed by atoms with Gasteiger partial charge in [0.15, 0.2) is 5.96 Å². The highest BCUT2D eigenvalue weighted by molar-refractivity contribution is 6.07. The predicted molar refractivity (Wildman–Crippen MR) is 106 cm³/mol. The number of nitrogens with one attached hydrogen (secondary N) is 4. The van der Waals surface area contributed by atoms with E-state index in [1.54, 1.807) is 14.0 Å². The lowest BCUT2D eigenvalue weighted by Gasteiger charge is -2.39. The second-order valence-corrected chi connectivity index (χ2v) is 7.19. The van der Waals surface area contributed by atoms with Gasteiger partial charge in [-0.05, 0) is 37.8 Å². The van der Waals surface area contributed by atoms with Crippen molar-refractivity contribution in [2.75, 3.05) is 32.0 Å². The summed E-state index contributed by atoms with van der Waals surface area (Å²) in [5.41, 5.74) is -0.120. The van der Waals surface area contributed by atoms with Gasteiger partial charge in [-0.3, -0.25) is 19.9 Å². The fraction of sp³-hybridized carbons (Fsp3) is 0.474. The van der Waals surface area contributed by atoms with Crippen molar-refractivity contribution in [3.63, 3.8) is 0 Å². The quantitative estimate of drug-likeness (QED) is 0.342. The van der Waals surface area contributed by atoms with Crippen LogP contribution in [0.1, 0.15) is 19.8 Å². The molecule has 2 fully saturated rings. The zero-order valence-corrected chi connectivity index (χ0v) is 16.1. The SMILES string of the molecule is CN=C(NCC(=O)Nc1ccccc1)N1CCC(C2(C)NC(=O)NC2=O)CC1. The molecule has 1 aromatic rings. The molecule has 2 aliphatic rings. The van der Waals surface area contributed by atoms with Crippen molar-refractivity contribution in [3.05, 3.63) is 30.3 Å². The van der Waals surface area contributed by atoms with E-state index in [-0.39, 0.29) is 24.3 Å². The van der Waals surface area contributed by atoms with Crippen LogP contribution in [-0.4, -0.2) is 60.9 Å². The van der Waals surface area contributed by atoms with Gasteiger partial charge < -0.3 is 20.9 Å². The number of anilines is 1. The third kappa shape index (κ3) is 4.24. The first-order valence-electron chi connectivity index (χ1n) is 9.36. The topological polar surface area (TPSA) is 115 Å². The monoisotopic (exact) mass is 386 g/mol. The number of amides is 4. The summed E-state index contributed by atoms with van der Waals surface area (Å²) < 4.78 is 0. The van der Waals surface area contributed by atoms with E-state index >= 15 is 0 Å². The highest BCUT2D eigenvalue weighted by atomic mass is 16.2. The maximum absolute atomic E-state index is 12.1. The number of rotatable bonds is 4. The summed E-state index contributed by atoms with van der Waals surface area (Å²) in [4.78, 5) is 42.0. The Morgan fingerprint density at radius 1 is 1.25 bits per heavy atom. The van der Waals surface area contributed by atoms with Gasteiger partial charge in [0, 0.05) is 25.8 Å². The average Bonchev–Trinajstić information content (AvgIpc) is 2.96. The van der Waals surface area contributed by atoms with Crippen molar-refractivity contribution >= 4 is 29.5 Å². The molecule has 0 radical (unpaired) electrons. The fourth-order valence-electron chi connectivity index (χ4n) is 3.73. The molecule has 9 heteroatoms. The number of aliphatic imine (C=N–C) groups is 1. The standard InChI is InChI=1S/C19H26N6O3/c1-19(16(27)23-18(28)24-19)13-8-10-25(11-9-13)17(20-2)21-12-15(26)22-14-6-4-3-5-7-14/h3-7,13H,8-12H2,1-2H3,(H,20,21)(H,22,26)(H2,23,24,27,28). The number of hydrogen-bond acceptors (Lipinski definition) is 4. The van der Waals surface area contributed by atoms with Crippen LogP contribution in [0.4, 0.5) is 10.5 Å². The molecule has 2 heterocycles. The molecule has 150 valence electrons. The van der Waals surface area contributed by atoms with E-state index in [9.17, 15) is 14.4 Å². The van der Waals surface area contributed by atoms with Gasteiger partial charge in [-0.25, -0.2) is 4.79 Å². The van der Waals surface area contributed by atoms with Crippen LogP contribution < -0.4 is 21.3 Å². The molecular weight excluding hydrogens is 360 g/mol. The summed E-state index contributed by atoms with van der Waals surface area (Å²) >= 11 is 0. The Hall–Kier alpha value is -3.10. The molecule has 0 aromatic heterocycles. The van der Waals surface area contributed by atoms with Crippen LogP contribution in [0.15, 0.2) is 35.3 Å². The van der Waals surface area contributed by atoms with Gasteiger partial charge in [-0.15, -0.1) is 0 Å². The first-order chi connectivity index (χ1) is 13.4. The van der Waals surface area contributed by atoms with E-state index < -0.39 is 11.6 Å². The third-order valence-electron chi connectivity index (χ3n) is 5.36. The molecular formula is C19H26N6O3. The van der Waals surface area contributed by atoms with Crippen LogP contribution in [0.2, 0.25) is 0 Å². The minimum atomic E-state index is -0.865. The number of nitrogens with zero attached hydrogens (tertiary/aromatic N) is 2. The number of carbonyl (C=O) groups excluding carboxylic acids is 3. The molecule has 0 bridgehead atoms. The predicted octanol–water partition coefficient (Wildman–Crippen LogP) is 0.511. The van der Waals surface area contributed by atoms with Crippen molar-refractivity contribution in [1.82, 2.24) is 20.9 Å². The first kappa shape index (κ1) is 19.7. The maximum Gasteiger partial charge on any atom is 0.322 e. The van der Waals surface area contributed by atoms with E-state index in [0.29, 0.717) is 19.0 Å². The number of guanidine groups is 1. The zero-order valence-electron chi connectivity index (χ0n) is 16.1. The molecule has 4 N–H and O–H groups in total. The fourth-order valence-corrected chi connectivity index (χ4v) is 3.73. The second-order valence-electron chi connectivity index (χ2n) is 7.19. The lowest BCUT2D eigenvalue weighted by atomic mass is 9.79. The number of benzene rings is 1. The smallest absolute Gasteiger partial charge is 0.322 e. The van der Waals surface area contributed by atoms with Crippen molar-refractivity contribution in [2.24, 2.45) is 10.9 Å². The summed E-state index contributed by atoms with van der Waals surface area (Å²) in [6.45, 7) is 3.25. The minimum Gasteiger partial charge on any atom is -0.347 e. The van der Waals surface area contributed by atoms with Gasteiger partial charge in [0.1, 0.15) is 5.54 Å². The summed E-state index contributed by atoms with van der Waals surface area (Å²) in [6.07, 6.45) is 1.47. The molecule has 0 aliphatic carbocycles. The summed E-state index contributed by atoms with van der Waals surface area (Å²) in [5, 5.41) is 11.0. The van der Waals surface area contributed by atoms with Crippen molar-refractivity contribution < 1.29 is 14.4 Å². The first-order valence-corrected chi connectivity index (χ1v) is 9.36. The van der Waals surface area contributed by atoms with E-state index in [1.807, 2.05) is 30.3 Å². The van der Waals surface area contributed by atoms with Gasteiger partial charge in [0.2, 0.25) is 5.91 Å². The van der Waals surface area contributed by atoms with Crippen LogP contribution in [0.5, 0.6) is 0 Å². The molecule has 28 heavy (non-hydrogen) atoms. The van der Waals surface area contributed by atoms with Crippen LogP contribution in [0, 0.1) is 5.92 Å². The van der Waals surface area contributed by atoms with Gasteiger partial charge in [-0.1, -0.05) is 18.2 Å². The van der Waals surface area contributed by atoms with E-state index in [1.165, 1.54) is 0 Å². The summed E-state index contributed by atoms with van der Waals surface area (Å²) in [6, 6.07) is 8.84. The normalized spacial score (nSPS) is 23.2. The molecule has 1 unspecified atom stereocenters. The Bertz CT molecular complexity index is 773. The molecule has 1 atom stereocenters. The highest BCUT2D eigenvalue weighted by Crippen LogP contribution is 2.30. The Kier molecular flexibility index (Phi) is 5.81. The van der Waals surface area contributed by atoms with Gasteiger partial charge in [0.25, 0.3) is 5.91 Å². The van der Waals surface area contributed by atoms with Gasteiger partial charge in [-0.2, -0.15) is 0 Å². The van der Waals surface area contributed by atoms with E-state index in [2.05, 4.69) is 31.2 Å². The second kappa shape index (κ2) is 8.28. The van der Waals surface area contributed by atoms with Crippen LogP contribution in [-0.2, 0) is 9.59 Å². The van der Waals surface area contributed by atoms with Crippen molar-refractivity contribution in [3.8, 4) is 0 Å². The molecule has 3 rings (SSSR count). The zero-order chi connectivity index (χ0) is 20.1. The number of imide groups is 1. The lowest BCUT2D eigenvalue weighted by molar-refractivity contribution is -0.125. The van der Waals surface area contributed by atoms with E-state index in [0.717, 1.165) is 18.5 Å². The molecule has 0 spiro atoms. The molecule has 0 saturated carbocycles. The molecule has 1 aromatic carbocycles. The summed E-state index contributed by atoms with van der Waals surface area (Å²) in [7, 11) is 1.68. The molecule has 2 aliphatic heterocycles. The van der Waals surface area contributed by atoms with Gasteiger partial charge >= 0.3 is 6.03 Å². The third-order valence-corrected chi connectivity index (χ3v) is 5.36. The molecule has 2 saturated heterocycles. The average molecular weight is 386 g/mol. The minimum absolute atomic E-state index is 0.0506. The number of para-hydroxylation sites is 1. The number of likely N-dealkylation sites (tertiary alicyclic amines) is 1. The Morgan fingerprint density at radius 2 is 1.93 bits per heavy atom. The number of carbonyl (C=O) groups is 3. The van der Waals surface area contributed by atoms with Gasteiger partial charge in [0.05, 0.1) is 6.54 Å². The van der Waals surface area contributed by atoms with Crippen LogP contribution >= 0.6 is 0 Å². The Labute approximate surface area is 164 Å². The largest absolute Gasteiger partial charge is 0.347 e. The van der Waals surface area contributed by atoms with Crippen LogP contribution in [0.25, 0.3) is 0 Å². The Balaban J connectivity index is 1.49. The van der Waals surface area contributed by atoms with E-state index in [4.69, 9.17) is 0 Å². The highest BCUT2D eigenvalue weighted by Gasteiger charge is 2.48. The maximum atomic E-state index is 12.1. The molecule has 9 nitrogen and oxygen atoms in total. The number of hydrogen-bond donors (Lipinski definition) is 4. The van der Waals surface area contributed by atoms with Crippen molar-refractivity contribution in [1.29, 1.82) is 0 Å². The molecule has 4 amide bonds.